The Morgan fingerprint density at radius 3 is 2.82 bits per heavy atom. The van der Waals surface area contributed by atoms with Crippen molar-refractivity contribution in [3.05, 3.63) is 0 Å². The Balaban J connectivity index is 2.17. The van der Waals surface area contributed by atoms with Crippen LogP contribution in [0.4, 0.5) is 4.39 Å². The average molecular weight is 159 g/mol. The molecular formula is C9H18FN. The van der Waals surface area contributed by atoms with Crippen molar-refractivity contribution in [1.82, 2.24) is 4.90 Å². The van der Waals surface area contributed by atoms with Crippen molar-refractivity contribution in [3.8, 4) is 0 Å². The van der Waals surface area contributed by atoms with Crippen LogP contribution in [0, 0.1) is 5.92 Å². The third-order valence-corrected chi connectivity index (χ3v) is 2.41. The van der Waals surface area contributed by atoms with Gasteiger partial charge in [0.15, 0.2) is 0 Å². The summed E-state index contributed by atoms with van der Waals surface area (Å²) in [7, 11) is 0. The van der Waals surface area contributed by atoms with Crippen LogP contribution in [-0.4, -0.2) is 30.7 Å². The van der Waals surface area contributed by atoms with E-state index >= 15 is 0 Å². The van der Waals surface area contributed by atoms with Crippen molar-refractivity contribution in [1.29, 1.82) is 0 Å². The molecule has 2 atom stereocenters. The van der Waals surface area contributed by atoms with Crippen molar-refractivity contribution in [2.24, 2.45) is 5.92 Å². The highest BCUT2D eigenvalue weighted by Gasteiger charge is 2.20. The van der Waals surface area contributed by atoms with Gasteiger partial charge in [0.25, 0.3) is 0 Å². The third kappa shape index (κ3) is 2.78. The summed E-state index contributed by atoms with van der Waals surface area (Å²) in [5, 5.41) is 0. The molecule has 0 bridgehead atoms. The summed E-state index contributed by atoms with van der Waals surface area (Å²) in [5.41, 5.74) is 0. The lowest BCUT2D eigenvalue weighted by molar-refractivity contribution is 0.212. The van der Waals surface area contributed by atoms with Crippen LogP contribution in [0.5, 0.6) is 0 Å². The van der Waals surface area contributed by atoms with Gasteiger partial charge in [0.2, 0.25) is 0 Å². The first kappa shape index (κ1) is 8.98. The second kappa shape index (κ2) is 4.05. The summed E-state index contributed by atoms with van der Waals surface area (Å²) in [5.74, 6) is 0.777. The second-order valence-corrected chi connectivity index (χ2v) is 3.66. The van der Waals surface area contributed by atoms with Crippen LogP contribution >= 0.6 is 0 Å². The van der Waals surface area contributed by atoms with E-state index in [0.29, 0.717) is 13.0 Å². The lowest BCUT2D eigenvalue weighted by atomic mass is 10.2. The summed E-state index contributed by atoms with van der Waals surface area (Å²) in [6.07, 6.45) is 1.29. The van der Waals surface area contributed by atoms with E-state index in [4.69, 9.17) is 0 Å². The van der Waals surface area contributed by atoms with Crippen LogP contribution in [0.25, 0.3) is 0 Å². The van der Waals surface area contributed by atoms with Crippen LogP contribution in [0.3, 0.4) is 0 Å². The molecule has 1 heterocycles. The van der Waals surface area contributed by atoms with E-state index in [1.165, 1.54) is 6.42 Å². The van der Waals surface area contributed by atoms with Crippen molar-refractivity contribution < 1.29 is 4.39 Å². The molecule has 0 aromatic carbocycles. The van der Waals surface area contributed by atoms with Crippen molar-refractivity contribution >= 4 is 0 Å². The van der Waals surface area contributed by atoms with Gasteiger partial charge in [0, 0.05) is 13.1 Å². The summed E-state index contributed by atoms with van der Waals surface area (Å²) in [6.45, 7) is 6.99. The van der Waals surface area contributed by atoms with Gasteiger partial charge in [-0.05, 0) is 25.3 Å². The zero-order valence-electron chi connectivity index (χ0n) is 7.52. The zero-order valence-corrected chi connectivity index (χ0v) is 7.52. The molecule has 0 N–H and O–H groups in total. The van der Waals surface area contributed by atoms with Gasteiger partial charge in [-0.1, -0.05) is 13.8 Å². The molecule has 0 aromatic rings. The molecule has 0 saturated carbocycles. The maximum Gasteiger partial charge on any atom is 0.112 e. The fraction of sp³-hybridized carbons (Fsp3) is 1.00. The highest BCUT2D eigenvalue weighted by molar-refractivity contribution is 4.74. The first-order valence-electron chi connectivity index (χ1n) is 4.58. The largest absolute Gasteiger partial charge is 0.300 e. The Morgan fingerprint density at radius 2 is 2.36 bits per heavy atom. The molecule has 0 amide bonds. The van der Waals surface area contributed by atoms with Crippen LogP contribution in [0.15, 0.2) is 0 Å². The van der Waals surface area contributed by atoms with E-state index in [9.17, 15) is 4.39 Å². The second-order valence-electron chi connectivity index (χ2n) is 3.66. The molecule has 1 aliphatic rings. The number of rotatable bonds is 3. The van der Waals surface area contributed by atoms with Crippen molar-refractivity contribution in [3.63, 3.8) is 0 Å². The first-order chi connectivity index (χ1) is 5.22. The normalized spacial score (nSPS) is 29.2. The molecule has 2 heteroatoms. The number of halogens is 1. The van der Waals surface area contributed by atoms with Crippen molar-refractivity contribution in [2.75, 3.05) is 19.6 Å². The minimum atomic E-state index is -0.611. The van der Waals surface area contributed by atoms with E-state index in [1.54, 1.807) is 0 Å². The monoisotopic (exact) mass is 159 g/mol. The molecule has 1 fully saturated rings. The molecule has 0 spiro atoms. The van der Waals surface area contributed by atoms with Crippen LogP contribution in [0.1, 0.15) is 26.7 Å². The van der Waals surface area contributed by atoms with Crippen LogP contribution < -0.4 is 0 Å². The molecule has 1 rings (SSSR count). The molecule has 1 aliphatic heterocycles. The summed E-state index contributed by atoms with van der Waals surface area (Å²) in [6, 6.07) is 0. The number of likely N-dealkylation sites (tertiary alicyclic amines) is 1. The highest BCUT2D eigenvalue weighted by atomic mass is 19.1. The topological polar surface area (TPSA) is 3.24 Å². The average Bonchev–Trinajstić information content (AvgIpc) is 2.35. The van der Waals surface area contributed by atoms with Gasteiger partial charge in [0.1, 0.15) is 6.17 Å². The molecule has 0 aromatic heterocycles. The summed E-state index contributed by atoms with van der Waals surface area (Å²) >= 11 is 0. The van der Waals surface area contributed by atoms with E-state index in [0.717, 1.165) is 19.0 Å². The van der Waals surface area contributed by atoms with Crippen molar-refractivity contribution in [2.45, 2.75) is 32.9 Å². The fourth-order valence-corrected chi connectivity index (χ4v) is 1.60. The molecule has 66 valence electrons. The quantitative estimate of drug-likeness (QED) is 0.609. The van der Waals surface area contributed by atoms with Gasteiger partial charge in [-0.2, -0.15) is 0 Å². The lowest BCUT2D eigenvalue weighted by Gasteiger charge is -2.16. The number of hydrogen-bond acceptors (Lipinski definition) is 1. The van der Waals surface area contributed by atoms with Crippen LogP contribution in [-0.2, 0) is 0 Å². The molecule has 1 nitrogen and oxygen atoms in total. The minimum Gasteiger partial charge on any atom is -0.300 e. The van der Waals surface area contributed by atoms with Gasteiger partial charge in [-0.25, -0.2) is 4.39 Å². The number of hydrogen-bond donors (Lipinski definition) is 0. The Bertz CT molecular complexity index is 116. The van der Waals surface area contributed by atoms with E-state index in [2.05, 4.69) is 11.8 Å². The standard InChI is InChI=1S/C9H18FN/c1-3-9(10)7-11-5-4-8(2)6-11/h8-9H,3-7H2,1-2H3. The number of alkyl halides is 1. The molecule has 0 aliphatic carbocycles. The molecular weight excluding hydrogens is 141 g/mol. The van der Waals surface area contributed by atoms with Crippen LogP contribution in [0.2, 0.25) is 0 Å². The SMILES string of the molecule is CCC(F)CN1CCC(C)C1. The first-order valence-corrected chi connectivity index (χ1v) is 4.58. The fourth-order valence-electron chi connectivity index (χ4n) is 1.60. The van der Waals surface area contributed by atoms with E-state index in [-0.39, 0.29) is 0 Å². The maximum absolute atomic E-state index is 12.9. The maximum atomic E-state index is 12.9. The van der Waals surface area contributed by atoms with E-state index < -0.39 is 6.17 Å². The minimum absolute atomic E-state index is 0.611. The molecule has 11 heavy (non-hydrogen) atoms. The molecule has 2 unspecified atom stereocenters. The smallest absolute Gasteiger partial charge is 0.112 e. The zero-order chi connectivity index (χ0) is 8.27. The van der Waals surface area contributed by atoms with E-state index in [1.807, 2.05) is 6.92 Å². The Kier molecular flexibility index (Phi) is 3.31. The molecule has 1 saturated heterocycles. The summed E-state index contributed by atoms with van der Waals surface area (Å²) in [4.78, 5) is 2.23. The predicted molar refractivity (Wildman–Crippen MR) is 45.4 cm³/mol. The highest BCUT2D eigenvalue weighted by Crippen LogP contribution is 2.16. The lowest BCUT2D eigenvalue weighted by Crippen LogP contribution is -2.27. The number of nitrogens with zero attached hydrogens (tertiary/aromatic N) is 1. The Hall–Kier alpha value is -0.110. The van der Waals surface area contributed by atoms with Gasteiger partial charge in [0.05, 0.1) is 0 Å². The van der Waals surface area contributed by atoms with Gasteiger partial charge < -0.3 is 4.90 Å². The molecule has 0 radical (unpaired) electrons. The van der Waals surface area contributed by atoms with Gasteiger partial charge in [-0.3, -0.25) is 0 Å². The predicted octanol–water partition coefficient (Wildman–Crippen LogP) is 2.08. The van der Waals surface area contributed by atoms with Gasteiger partial charge in [-0.15, -0.1) is 0 Å². The Morgan fingerprint density at radius 1 is 1.64 bits per heavy atom. The van der Waals surface area contributed by atoms with Gasteiger partial charge >= 0.3 is 0 Å². The third-order valence-electron chi connectivity index (χ3n) is 2.41. The Labute approximate surface area is 68.6 Å². The summed E-state index contributed by atoms with van der Waals surface area (Å²) < 4.78 is 12.9.